The van der Waals surface area contributed by atoms with Crippen molar-refractivity contribution in [3.8, 4) is 0 Å². The minimum absolute atomic E-state index is 0.0591. The van der Waals surface area contributed by atoms with E-state index in [1.807, 2.05) is 50.2 Å². The Bertz CT molecular complexity index is 1210. The first kappa shape index (κ1) is 22.0. The van der Waals surface area contributed by atoms with E-state index >= 15 is 0 Å². The molecule has 2 aromatic carbocycles. The van der Waals surface area contributed by atoms with Crippen LogP contribution in [0.25, 0.3) is 11.2 Å². The summed E-state index contributed by atoms with van der Waals surface area (Å²) in [6.07, 6.45) is 2.65. The topological polar surface area (TPSA) is 59.8 Å². The maximum absolute atomic E-state index is 13.2. The molecule has 2 heterocycles. The Hall–Kier alpha value is -3.19. The molecule has 0 aliphatic carbocycles. The van der Waals surface area contributed by atoms with Gasteiger partial charge in [-0.25, -0.2) is 14.4 Å². The number of hydrogen-bond acceptors (Lipinski definition) is 4. The minimum atomic E-state index is -0.239. The van der Waals surface area contributed by atoms with Crippen LogP contribution in [0.3, 0.4) is 0 Å². The van der Waals surface area contributed by atoms with Crippen molar-refractivity contribution in [2.75, 3.05) is 0 Å². The zero-order valence-electron chi connectivity index (χ0n) is 18.1. The van der Waals surface area contributed by atoms with Crippen molar-refractivity contribution in [3.63, 3.8) is 0 Å². The van der Waals surface area contributed by atoms with Crippen molar-refractivity contribution in [3.05, 3.63) is 89.4 Å². The molecule has 0 aliphatic rings. The van der Waals surface area contributed by atoms with E-state index in [1.54, 1.807) is 30.1 Å². The molecule has 0 unspecified atom stereocenters. The first-order valence-corrected chi connectivity index (χ1v) is 11.6. The van der Waals surface area contributed by atoms with E-state index < -0.39 is 0 Å². The molecule has 1 atom stereocenters. The highest BCUT2D eigenvalue weighted by Gasteiger charge is 2.14. The highest BCUT2D eigenvalue weighted by atomic mass is 32.2. The van der Waals surface area contributed by atoms with Crippen molar-refractivity contribution < 1.29 is 9.18 Å². The van der Waals surface area contributed by atoms with Gasteiger partial charge in [0.2, 0.25) is 0 Å². The summed E-state index contributed by atoms with van der Waals surface area (Å²) in [4.78, 5) is 21.6. The number of imidazole rings is 1. The van der Waals surface area contributed by atoms with Crippen molar-refractivity contribution >= 4 is 28.8 Å². The number of carbonyl (C=O) groups is 1. The normalized spacial score (nSPS) is 12.1. The Morgan fingerprint density at radius 3 is 2.53 bits per heavy atom. The molecule has 164 valence electrons. The highest BCUT2D eigenvalue weighted by molar-refractivity contribution is 7.98. The maximum Gasteiger partial charge on any atom is 0.251 e. The third-order valence-electron chi connectivity index (χ3n) is 5.30. The minimum Gasteiger partial charge on any atom is -0.350 e. The summed E-state index contributed by atoms with van der Waals surface area (Å²) in [7, 11) is 0. The average Bonchev–Trinajstić information content (AvgIpc) is 3.16. The summed E-state index contributed by atoms with van der Waals surface area (Å²) in [5.41, 5.74) is 4.37. The number of pyridine rings is 1. The molecule has 0 bridgehead atoms. The van der Waals surface area contributed by atoms with Gasteiger partial charge in [0.05, 0.1) is 6.54 Å². The smallest absolute Gasteiger partial charge is 0.251 e. The van der Waals surface area contributed by atoms with Crippen LogP contribution < -0.4 is 5.32 Å². The van der Waals surface area contributed by atoms with Gasteiger partial charge < -0.3 is 5.32 Å². The molecule has 0 saturated carbocycles. The van der Waals surface area contributed by atoms with Gasteiger partial charge in [-0.05, 0) is 60.9 Å². The number of carbonyl (C=O) groups excluding carboxylic acids is 1. The van der Waals surface area contributed by atoms with E-state index in [-0.39, 0.29) is 17.8 Å². The van der Waals surface area contributed by atoms with E-state index in [9.17, 15) is 9.18 Å². The SMILES string of the molecule is CC[C@H](C)NC(=O)c1ccc(Cn2c(SCc3ccc(F)cc3)nc3cccnc32)cc1. The van der Waals surface area contributed by atoms with Crippen LogP contribution in [0.5, 0.6) is 0 Å². The van der Waals surface area contributed by atoms with Crippen LogP contribution in [0, 0.1) is 5.82 Å². The third-order valence-corrected chi connectivity index (χ3v) is 6.34. The van der Waals surface area contributed by atoms with E-state index in [1.165, 1.54) is 12.1 Å². The molecule has 32 heavy (non-hydrogen) atoms. The van der Waals surface area contributed by atoms with Gasteiger partial charge in [-0.2, -0.15) is 0 Å². The molecule has 1 N–H and O–H groups in total. The lowest BCUT2D eigenvalue weighted by atomic mass is 10.1. The summed E-state index contributed by atoms with van der Waals surface area (Å²) >= 11 is 1.59. The van der Waals surface area contributed by atoms with Crippen molar-refractivity contribution in [2.45, 2.75) is 43.8 Å². The highest BCUT2D eigenvalue weighted by Crippen LogP contribution is 2.27. The van der Waals surface area contributed by atoms with Crippen molar-refractivity contribution in [1.29, 1.82) is 0 Å². The molecule has 0 radical (unpaired) electrons. The van der Waals surface area contributed by atoms with Crippen LogP contribution in [0.4, 0.5) is 4.39 Å². The Kier molecular flexibility index (Phi) is 6.85. The summed E-state index contributed by atoms with van der Waals surface area (Å²) in [5.74, 6) is 0.380. The number of hydrogen-bond donors (Lipinski definition) is 1. The molecule has 4 rings (SSSR count). The first-order chi connectivity index (χ1) is 15.5. The van der Waals surface area contributed by atoms with Gasteiger partial charge in [0.1, 0.15) is 11.3 Å². The molecule has 1 amide bonds. The Morgan fingerprint density at radius 2 is 1.81 bits per heavy atom. The molecule has 7 heteroatoms. The van der Waals surface area contributed by atoms with Gasteiger partial charge in [0, 0.05) is 23.6 Å². The first-order valence-electron chi connectivity index (χ1n) is 10.6. The second kappa shape index (κ2) is 9.96. The number of thioether (sulfide) groups is 1. The Morgan fingerprint density at radius 1 is 1.09 bits per heavy atom. The summed E-state index contributed by atoms with van der Waals surface area (Å²) in [6, 6.07) is 18.1. The number of aromatic nitrogens is 3. The molecule has 0 aliphatic heterocycles. The Balaban J connectivity index is 1.54. The lowest BCUT2D eigenvalue weighted by Crippen LogP contribution is -2.31. The number of rotatable bonds is 8. The van der Waals surface area contributed by atoms with Gasteiger partial charge in [-0.1, -0.05) is 43.0 Å². The van der Waals surface area contributed by atoms with Crippen LogP contribution in [0.15, 0.2) is 72.0 Å². The zero-order valence-corrected chi connectivity index (χ0v) is 18.9. The molecule has 5 nitrogen and oxygen atoms in total. The van der Waals surface area contributed by atoms with E-state index in [0.29, 0.717) is 17.9 Å². The largest absolute Gasteiger partial charge is 0.350 e. The molecule has 0 saturated heterocycles. The maximum atomic E-state index is 13.2. The zero-order chi connectivity index (χ0) is 22.5. The monoisotopic (exact) mass is 448 g/mol. The van der Waals surface area contributed by atoms with Crippen molar-refractivity contribution in [1.82, 2.24) is 19.9 Å². The molecule has 2 aromatic heterocycles. The number of fused-ring (bicyclic) bond motifs is 1. The van der Waals surface area contributed by atoms with Crippen LogP contribution >= 0.6 is 11.8 Å². The number of nitrogens with one attached hydrogen (secondary N) is 1. The van der Waals surface area contributed by atoms with Gasteiger partial charge in [-0.3, -0.25) is 9.36 Å². The van der Waals surface area contributed by atoms with Gasteiger partial charge >= 0.3 is 0 Å². The third kappa shape index (κ3) is 5.16. The van der Waals surface area contributed by atoms with Gasteiger partial charge in [-0.15, -0.1) is 0 Å². The average molecular weight is 449 g/mol. The van der Waals surface area contributed by atoms with E-state index in [4.69, 9.17) is 4.98 Å². The fraction of sp³-hybridized carbons (Fsp3) is 0.240. The molecular formula is C25H25FN4OS. The number of halogens is 1. The van der Waals surface area contributed by atoms with Crippen LogP contribution in [-0.4, -0.2) is 26.5 Å². The van der Waals surface area contributed by atoms with Gasteiger partial charge in [0.15, 0.2) is 10.8 Å². The second-order valence-corrected chi connectivity index (χ2v) is 8.66. The van der Waals surface area contributed by atoms with Crippen LogP contribution in [0.1, 0.15) is 41.8 Å². The van der Waals surface area contributed by atoms with E-state index in [2.05, 4.69) is 14.9 Å². The predicted molar refractivity (Wildman–Crippen MR) is 126 cm³/mol. The summed E-state index contributed by atoms with van der Waals surface area (Å²) in [6.45, 7) is 4.63. The fourth-order valence-electron chi connectivity index (χ4n) is 3.27. The fourth-order valence-corrected chi connectivity index (χ4v) is 4.23. The van der Waals surface area contributed by atoms with Gasteiger partial charge in [0.25, 0.3) is 5.91 Å². The predicted octanol–water partition coefficient (Wildman–Crippen LogP) is 5.44. The molecule has 0 fully saturated rings. The molecule has 4 aromatic rings. The number of benzene rings is 2. The van der Waals surface area contributed by atoms with Crippen LogP contribution in [0.2, 0.25) is 0 Å². The van der Waals surface area contributed by atoms with Crippen molar-refractivity contribution in [2.24, 2.45) is 0 Å². The Labute approximate surface area is 191 Å². The number of amides is 1. The standard InChI is InChI=1S/C25H25FN4OS/c1-3-17(2)28-24(31)20-10-6-18(7-11-20)15-30-23-22(5-4-14-27-23)29-25(30)32-16-19-8-12-21(26)13-9-19/h4-14,17H,3,15-16H2,1-2H3,(H,28,31)/t17-/m0/s1. The summed E-state index contributed by atoms with van der Waals surface area (Å²) < 4.78 is 15.3. The van der Waals surface area contributed by atoms with E-state index in [0.717, 1.165) is 33.9 Å². The quantitative estimate of drug-likeness (QED) is 0.365. The molecule has 0 spiro atoms. The lowest BCUT2D eigenvalue weighted by molar-refractivity contribution is 0.0939. The summed E-state index contributed by atoms with van der Waals surface area (Å²) in [5, 5.41) is 3.84. The number of nitrogens with zero attached hydrogens (tertiary/aromatic N) is 3. The second-order valence-electron chi connectivity index (χ2n) is 7.72. The molecular weight excluding hydrogens is 423 g/mol. The van der Waals surface area contributed by atoms with Crippen LogP contribution in [-0.2, 0) is 12.3 Å². The lowest BCUT2D eigenvalue weighted by Gasteiger charge is -2.12.